The van der Waals surface area contributed by atoms with Gasteiger partial charge in [0.1, 0.15) is 0 Å². The summed E-state index contributed by atoms with van der Waals surface area (Å²) in [6.07, 6.45) is 4.42. The molecule has 2 aromatic rings. The van der Waals surface area contributed by atoms with E-state index in [1.165, 1.54) is 28.9 Å². The van der Waals surface area contributed by atoms with Crippen LogP contribution in [0.3, 0.4) is 0 Å². The maximum absolute atomic E-state index is 12.7. The number of carbonyl (C=O) groups excluding carboxylic acids is 2. The number of anilines is 2. The molecular weight excluding hydrogens is 346 g/mol. The maximum atomic E-state index is 12.7. The Morgan fingerprint density at radius 1 is 1.15 bits per heavy atom. The summed E-state index contributed by atoms with van der Waals surface area (Å²) in [4.78, 5) is 27.4. The first-order valence-electron chi connectivity index (χ1n) is 8.90. The van der Waals surface area contributed by atoms with E-state index >= 15 is 0 Å². The van der Waals surface area contributed by atoms with E-state index in [1.807, 2.05) is 44.1 Å². The Morgan fingerprint density at radius 3 is 2.69 bits per heavy atom. The van der Waals surface area contributed by atoms with Gasteiger partial charge in [-0.25, -0.2) is 0 Å². The minimum atomic E-state index is -0.0751. The number of aryl methyl sites for hydroxylation is 2. The van der Waals surface area contributed by atoms with Crippen molar-refractivity contribution in [1.29, 1.82) is 0 Å². The Bertz CT molecular complexity index is 826. The van der Waals surface area contributed by atoms with E-state index in [4.69, 9.17) is 0 Å². The molecule has 5 nitrogen and oxygen atoms in total. The SMILES string of the molecule is Cc1ccc(NC(=O)c2scc3c2CCCC3)cc1NC(=O)CN(C)C. The van der Waals surface area contributed by atoms with Crippen molar-refractivity contribution in [2.75, 3.05) is 31.3 Å². The van der Waals surface area contributed by atoms with Gasteiger partial charge in [-0.15, -0.1) is 11.3 Å². The molecule has 1 aromatic carbocycles. The first kappa shape index (κ1) is 18.6. The predicted molar refractivity (Wildman–Crippen MR) is 107 cm³/mol. The number of carbonyl (C=O) groups is 2. The predicted octanol–water partition coefficient (Wildman–Crippen LogP) is 3.69. The number of nitrogens with zero attached hydrogens (tertiary/aromatic N) is 1. The molecule has 0 atom stereocenters. The van der Waals surface area contributed by atoms with Crippen LogP contribution in [0.2, 0.25) is 0 Å². The molecule has 0 spiro atoms. The van der Waals surface area contributed by atoms with Crippen molar-refractivity contribution in [2.24, 2.45) is 0 Å². The lowest BCUT2D eigenvalue weighted by atomic mass is 9.94. The number of hydrogen-bond acceptors (Lipinski definition) is 4. The number of thiophene rings is 1. The number of rotatable bonds is 5. The molecule has 138 valence electrons. The van der Waals surface area contributed by atoms with Crippen LogP contribution >= 0.6 is 11.3 Å². The zero-order valence-electron chi connectivity index (χ0n) is 15.5. The van der Waals surface area contributed by atoms with Gasteiger partial charge in [-0.05, 0) is 80.9 Å². The summed E-state index contributed by atoms with van der Waals surface area (Å²) in [5.41, 5.74) is 4.92. The zero-order valence-corrected chi connectivity index (χ0v) is 16.3. The average molecular weight is 372 g/mol. The molecular formula is C20H25N3O2S. The molecule has 6 heteroatoms. The molecule has 1 aromatic heterocycles. The lowest BCUT2D eigenvalue weighted by molar-refractivity contribution is -0.116. The van der Waals surface area contributed by atoms with Crippen LogP contribution in [0.25, 0.3) is 0 Å². The highest BCUT2D eigenvalue weighted by atomic mass is 32.1. The Hall–Kier alpha value is -2.18. The van der Waals surface area contributed by atoms with Crippen molar-refractivity contribution in [3.63, 3.8) is 0 Å². The third-order valence-electron chi connectivity index (χ3n) is 4.54. The van der Waals surface area contributed by atoms with Gasteiger partial charge in [-0.2, -0.15) is 0 Å². The Labute approximate surface area is 158 Å². The lowest BCUT2D eigenvalue weighted by Gasteiger charge is -2.15. The molecule has 0 radical (unpaired) electrons. The first-order chi connectivity index (χ1) is 12.4. The van der Waals surface area contributed by atoms with Crippen LogP contribution in [0.4, 0.5) is 11.4 Å². The molecule has 0 bridgehead atoms. The second kappa shape index (κ2) is 8.01. The molecule has 0 unspecified atom stereocenters. The standard InChI is InChI=1S/C20H25N3O2S/c1-13-8-9-15(10-17(13)22-18(24)11-23(2)3)21-20(25)19-16-7-5-4-6-14(16)12-26-19/h8-10,12H,4-7,11H2,1-3H3,(H,21,25)(H,22,24). The van der Waals surface area contributed by atoms with Gasteiger partial charge in [0, 0.05) is 11.4 Å². The highest BCUT2D eigenvalue weighted by Gasteiger charge is 2.20. The van der Waals surface area contributed by atoms with Crippen LogP contribution < -0.4 is 10.6 Å². The Balaban J connectivity index is 1.73. The van der Waals surface area contributed by atoms with Crippen LogP contribution in [-0.4, -0.2) is 37.4 Å². The van der Waals surface area contributed by atoms with Crippen molar-refractivity contribution in [3.05, 3.63) is 45.1 Å². The minimum absolute atomic E-state index is 0.0624. The number of amides is 2. The molecule has 2 amide bonds. The highest BCUT2D eigenvalue weighted by molar-refractivity contribution is 7.12. The second-order valence-corrected chi connectivity index (χ2v) is 7.93. The molecule has 1 heterocycles. The molecule has 2 N–H and O–H groups in total. The quantitative estimate of drug-likeness (QED) is 0.843. The third kappa shape index (κ3) is 4.31. The molecule has 1 aliphatic rings. The van der Waals surface area contributed by atoms with E-state index in [9.17, 15) is 9.59 Å². The summed E-state index contributed by atoms with van der Waals surface area (Å²) in [5.74, 6) is -0.138. The Kier molecular flexibility index (Phi) is 5.74. The van der Waals surface area contributed by atoms with Crippen LogP contribution in [0.15, 0.2) is 23.6 Å². The summed E-state index contributed by atoms with van der Waals surface area (Å²) >= 11 is 1.53. The molecule has 0 fully saturated rings. The summed E-state index contributed by atoms with van der Waals surface area (Å²) in [6.45, 7) is 2.25. The fourth-order valence-electron chi connectivity index (χ4n) is 3.21. The number of hydrogen-bond donors (Lipinski definition) is 2. The molecule has 0 aliphatic heterocycles. The fourth-order valence-corrected chi connectivity index (χ4v) is 4.26. The summed E-state index contributed by atoms with van der Waals surface area (Å²) in [7, 11) is 3.70. The molecule has 1 aliphatic carbocycles. The third-order valence-corrected chi connectivity index (χ3v) is 5.61. The van der Waals surface area contributed by atoms with Gasteiger partial charge in [0.05, 0.1) is 11.4 Å². The van der Waals surface area contributed by atoms with Gasteiger partial charge in [0.25, 0.3) is 5.91 Å². The van der Waals surface area contributed by atoms with Crippen LogP contribution in [0, 0.1) is 6.92 Å². The van der Waals surface area contributed by atoms with Crippen LogP contribution in [0.5, 0.6) is 0 Å². The molecule has 0 saturated carbocycles. The van der Waals surface area contributed by atoms with Gasteiger partial charge in [0.2, 0.25) is 5.91 Å². The van der Waals surface area contributed by atoms with Gasteiger partial charge in [0.15, 0.2) is 0 Å². The van der Waals surface area contributed by atoms with Crippen LogP contribution in [-0.2, 0) is 17.6 Å². The number of nitrogens with one attached hydrogen (secondary N) is 2. The second-order valence-electron chi connectivity index (χ2n) is 7.05. The van der Waals surface area contributed by atoms with Crippen molar-refractivity contribution in [1.82, 2.24) is 4.90 Å². The van der Waals surface area contributed by atoms with E-state index < -0.39 is 0 Å². The summed E-state index contributed by atoms with van der Waals surface area (Å²) < 4.78 is 0. The smallest absolute Gasteiger partial charge is 0.266 e. The van der Waals surface area contributed by atoms with E-state index in [0.717, 1.165) is 35.4 Å². The largest absolute Gasteiger partial charge is 0.325 e. The number of fused-ring (bicyclic) bond motifs is 1. The molecule has 3 rings (SSSR count). The topological polar surface area (TPSA) is 61.4 Å². The van der Waals surface area contributed by atoms with E-state index in [-0.39, 0.29) is 11.8 Å². The normalized spacial score (nSPS) is 13.4. The summed E-state index contributed by atoms with van der Waals surface area (Å²) in [5, 5.41) is 8.01. The van der Waals surface area contributed by atoms with Gasteiger partial charge >= 0.3 is 0 Å². The van der Waals surface area contributed by atoms with Crippen molar-refractivity contribution in [2.45, 2.75) is 32.6 Å². The van der Waals surface area contributed by atoms with Crippen molar-refractivity contribution < 1.29 is 9.59 Å². The van der Waals surface area contributed by atoms with Gasteiger partial charge < -0.3 is 15.5 Å². The maximum Gasteiger partial charge on any atom is 0.266 e. The first-order valence-corrected chi connectivity index (χ1v) is 9.78. The van der Waals surface area contributed by atoms with Gasteiger partial charge in [-0.1, -0.05) is 6.07 Å². The highest BCUT2D eigenvalue weighted by Crippen LogP contribution is 2.30. The fraction of sp³-hybridized carbons (Fsp3) is 0.400. The van der Waals surface area contributed by atoms with Crippen LogP contribution in [0.1, 0.15) is 39.2 Å². The van der Waals surface area contributed by atoms with Crippen molar-refractivity contribution >= 4 is 34.5 Å². The van der Waals surface area contributed by atoms with E-state index in [1.54, 1.807) is 0 Å². The zero-order chi connectivity index (χ0) is 18.7. The van der Waals surface area contributed by atoms with Gasteiger partial charge in [-0.3, -0.25) is 9.59 Å². The minimum Gasteiger partial charge on any atom is -0.325 e. The monoisotopic (exact) mass is 371 g/mol. The van der Waals surface area contributed by atoms with Crippen molar-refractivity contribution in [3.8, 4) is 0 Å². The van der Waals surface area contributed by atoms with E-state index in [0.29, 0.717) is 12.2 Å². The summed E-state index contributed by atoms with van der Waals surface area (Å²) in [6, 6.07) is 5.60. The Morgan fingerprint density at radius 2 is 1.92 bits per heavy atom. The molecule has 0 saturated heterocycles. The van der Waals surface area contributed by atoms with E-state index in [2.05, 4.69) is 16.0 Å². The average Bonchev–Trinajstić information content (AvgIpc) is 3.01. The number of likely N-dealkylation sites (N-methyl/N-ethyl adjacent to an activating group) is 1. The molecule has 26 heavy (non-hydrogen) atoms. The number of benzene rings is 1. The lowest BCUT2D eigenvalue weighted by Crippen LogP contribution is -2.27.